The number of amides is 5. The lowest BCUT2D eigenvalue weighted by atomic mass is 10.2. The van der Waals surface area contributed by atoms with E-state index in [4.69, 9.17) is 0 Å². The number of rotatable bonds is 5. The highest BCUT2D eigenvalue weighted by atomic mass is 19.1. The van der Waals surface area contributed by atoms with Gasteiger partial charge in [0.1, 0.15) is 12.4 Å². The molecule has 0 saturated carbocycles. The Bertz CT molecular complexity index is 885. The SMILES string of the molecule is O=C(CN1C(=O)C(=O)N(Cc2ccccc2)C1=O)Nc1cccc(F)c1. The van der Waals surface area contributed by atoms with Gasteiger partial charge in [-0.2, -0.15) is 0 Å². The third-order valence-electron chi connectivity index (χ3n) is 3.73. The van der Waals surface area contributed by atoms with Crippen molar-refractivity contribution in [3.63, 3.8) is 0 Å². The second-order valence-corrected chi connectivity index (χ2v) is 5.61. The first kappa shape index (κ1) is 17.3. The predicted molar refractivity (Wildman–Crippen MR) is 89.1 cm³/mol. The first-order valence-electron chi connectivity index (χ1n) is 7.72. The van der Waals surface area contributed by atoms with Crippen molar-refractivity contribution in [3.05, 3.63) is 66.0 Å². The summed E-state index contributed by atoms with van der Waals surface area (Å²) in [5, 5.41) is 2.38. The monoisotopic (exact) mass is 355 g/mol. The average Bonchev–Trinajstić information content (AvgIpc) is 2.81. The third kappa shape index (κ3) is 3.59. The van der Waals surface area contributed by atoms with E-state index in [0.29, 0.717) is 10.5 Å². The molecule has 0 atom stereocenters. The number of anilines is 1. The van der Waals surface area contributed by atoms with Crippen molar-refractivity contribution >= 4 is 29.4 Å². The summed E-state index contributed by atoms with van der Waals surface area (Å²) in [4.78, 5) is 49.8. The number of hydrogen-bond acceptors (Lipinski definition) is 4. The van der Waals surface area contributed by atoms with E-state index in [0.717, 1.165) is 11.0 Å². The number of benzene rings is 2. The van der Waals surface area contributed by atoms with E-state index >= 15 is 0 Å². The molecule has 7 nitrogen and oxygen atoms in total. The summed E-state index contributed by atoms with van der Waals surface area (Å²) in [5.41, 5.74) is 0.856. The number of nitrogens with zero attached hydrogens (tertiary/aromatic N) is 2. The molecule has 2 aromatic rings. The number of urea groups is 1. The van der Waals surface area contributed by atoms with Crippen molar-refractivity contribution in [3.8, 4) is 0 Å². The zero-order valence-electron chi connectivity index (χ0n) is 13.5. The van der Waals surface area contributed by atoms with Crippen molar-refractivity contribution in [2.24, 2.45) is 0 Å². The Morgan fingerprint density at radius 3 is 2.31 bits per heavy atom. The molecule has 3 rings (SSSR count). The fourth-order valence-electron chi connectivity index (χ4n) is 2.51. The molecule has 1 heterocycles. The topological polar surface area (TPSA) is 86.8 Å². The number of nitrogens with one attached hydrogen (secondary N) is 1. The minimum atomic E-state index is -1.07. The van der Waals surface area contributed by atoms with Gasteiger partial charge in [-0.05, 0) is 23.8 Å². The van der Waals surface area contributed by atoms with Gasteiger partial charge in [-0.1, -0.05) is 36.4 Å². The number of hydrogen-bond donors (Lipinski definition) is 1. The number of halogens is 1. The standard InChI is InChI=1S/C18H14FN3O4/c19-13-7-4-8-14(9-13)20-15(23)11-22-17(25)16(24)21(18(22)26)10-12-5-2-1-3-6-12/h1-9H,10-11H2,(H,20,23). The predicted octanol–water partition coefficient (Wildman–Crippen LogP) is 1.76. The summed E-state index contributed by atoms with van der Waals surface area (Å²) in [7, 11) is 0. The molecule has 2 aromatic carbocycles. The maximum atomic E-state index is 13.1. The van der Waals surface area contributed by atoms with Crippen LogP contribution in [-0.2, 0) is 20.9 Å². The summed E-state index contributed by atoms with van der Waals surface area (Å²) >= 11 is 0. The van der Waals surface area contributed by atoms with Gasteiger partial charge in [-0.3, -0.25) is 19.3 Å². The van der Waals surface area contributed by atoms with Crippen LogP contribution in [0.5, 0.6) is 0 Å². The number of carbonyl (C=O) groups excluding carboxylic acids is 4. The lowest BCUT2D eigenvalue weighted by Gasteiger charge is -2.15. The molecule has 5 amide bonds. The average molecular weight is 355 g/mol. The molecule has 1 fully saturated rings. The van der Waals surface area contributed by atoms with E-state index in [1.165, 1.54) is 18.2 Å². The van der Waals surface area contributed by atoms with Crippen molar-refractivity contribution in [1.29, 1.82) is 0 Å². The van der Waals surface area contributed by atoms with Gasteiger partial charge in [0.25, 0.3) is 0 Å². The maximum Gasteiger partial charge on any atom is 0.335 e. The van der Waals surface area contributed by atoms with Crippen LogP contribution in [0.4, 0.5) is 14.9 Å². The van der Waals surface area contributed by atoms with Gasteiger partial charge in [0.05, 0.1) is 6.54 Å². The molecule has 0 aromatic heterocycles. The number of carbonyl (C=O) groups is 4. The van der Waals surface area contributed by atoms with Crippen LogP contribution in [0.15, 0.2) is 54.6 Å². The van der Waals surface area contributed by atoms with Gasteiger partial charge in [0.2, 0.25) is 5.91 Å². The second kappa shape index (κ2) is 7.14. The molecule has 132 valence electrons. The minimum Gasteiger partial charge on any atom is -0.324 e. The Labute approximate surface area is 148 Å². The van der Waals surface area contributed by atoms with Crippen molar-refractivity contribution in [2.75, 3.05) is 11.9 Å². The third-order valence-corrected chi connectivity index (χ3v) is 3.73. The molecule has 0 unspecified atom stereocenters. The quantitative estimate of drug-likeness (QED) is 0.654. The molecule has 1 saturated heterocycles. The van der Waals surface area contributed by atoms with E-state index in [-0.39, 0.29) is 12.2 Å². The van der Waals surface area contributed by atoms with Gasteiger partial charge in [-0.15, -0.1) is 0 Å². The van der Waals surface area contributed by atoms with Crippen molar-refractivity contribution in [1.82, 2.24) is 9.80 Å². The van der Waals surface area contributed by atoms with Crippen LogP contribution in [0.25, 0.3) is 0 Å². The Morgan fingerprint density at radius 1 is 0.923 bits per heavy atom. The summed E-state index contributed by atoms with van der Waals surface area (Å²) in [6.07, 6.45) is 0. The molecule has 1 aliphatic heterocycles. The molecular weight excluding hydrogens is 341 g/mol. The Balaban J connectivity index is 1.68. The van der Waals surface area contributed by atoms with E-state index in [1.807, 2.05) is 0 Å². The van der Waals surface area contributed by atoms with Crippen LogP contribution in [0, 0.1) is 5.82 Å². The molecular formula is C18H14FN3O4. The van der Waals surface area contributed by atoms with E-state index in [1.54, 1.807) is 30.3 Å². The van der Waals surface area contributed by atoms with Crippen LogP contribution in [-0.4, -0.2) is 40.1 Å². The highest BCUT2D eigenvalue weighted by Crippen LogP contribution is 2.16. The minimum absolute atomic E-state index is 0.0632. The second-order valence-electron chi connectivity index (χ2n) is 5.61. The Morgan fingerprint density at radius 2 is 1.62 bits per heavy atom. The first-order valence-corrected chi connectivity index (χ1v) is 7.72. The first-order chi connectivity index (χ1) is 12.5. The molecule has 0 aliphatic carbocycles. The van der Waals surface area contributed by atoms with Gasteiger partial charge in [0.15, 0.2) is 0 Å². The summed E-state index contributed by atoms with van der Waals surface area (Å²) in [6.45, 7) is -0.697. The summed E-state index contributed by atoms with van der Waals surface area (Å²) in [6, 6.07) is 13.0. The molecule has 26 heavy (non-hydrogen) atoms. The van der Waals surface area contributed by atoms with Gasteiger partial charge in [0, 0.05) is 5.69 Å². The zero-order valence-corrected chi connectivity index (χ0v) is 13.5. The number of imide groups is 2. The van der Waals surface area contributed by atoms with E-state index < -0.39 is 36.1 Å². The molecule has 0 bridgehead atoms. The van der Waals surface area contributed by atoms with Gasteiger partial charge < -0.3 is 5.32 Å². The van der Waals surface area contributed by atoms with Crippen LogP contribution in [0.3, 0.4) is 0 Å². The maximum absolute atomic E-state index is 13.1. The Hall–Kier alpha value is -3.55. The summed E-state index contributed by atoms with van der Waals surface area (Å²) in [5.74, 6) is -3.32. The van der Waals surface area contributed by atoms with Gasteiger partial charge >= 0.3 is 17.8 Å². The molecule has 8 heteroatoms. The molecule has 0 spiro atoms. The van der Waals surface area contributed by atoms with Crippen LogP contribution >= 0.6 is 0 Å². The fraction of sp³-hybridized carbons (Fsp3) is 0.111. The van der Waals surface area contributed by atoms with E-state index in [2.05, 4.69) is 5.32 Å². The summed E-state index contributed by atoms with van der Waals surface area (Å²) < 4.78 is 13.1. The zero-order chi connectivity index (χ0) is 18.7. The van der Waals surface area contributed by atoms with Crippen LogP contribution in [0.2, 0.25) is 0 Å². The van der Waals surface area contributed by atoms with Crippen molar-refractivity contribution < 1.29 is 23.6 Å². The highest BCUT2D eigenvalue weighted by molar-refractivity contribution is 6.45. The van der Waals surface area contributed by atoms with Crippen molar-refractivity contribution in [2.45, 2.75) is 6.54 Å². The van der Waals surface area contributed by atoms with Crippen LogP contribution in [0.1, 0.15) is 5.56 Å². The molecule has 0 radical (unpaired) electrons. The Kier molecular flexibility index (Phi) is 4.74. The highest BCUT2D eigenvalue weighted by Gasteiger charge is 2.45. The fourth-order valence-corrected chi connectivity index (χ4v) is 2.51. The largest absolute Gasteiger partial charge is 0.335 e. The lowest BCUT2D eigenvalue weighted by molar-refractivity contribution is -0.143. The lowest BCUT2D eigenvalue weighted by Crippen LogP contribution is -2.38. The van der Waals surface area contributed by atoms with E-state index in [9.17, 15) is 23.6 Å². The van der Waals surface area contributed by atoms with Gasteiger partial charge in [-0.25, -0.2) is 14.1 Å². The van der Waals surface area contributed by atoms with Crippen LogP contribution < -0.4 is 5.32 Å². The molecule has 1 N–H and O–H groups in total. The molecule has 1 aliphatic rings. The smallest absolute Gasteiger partial charge is 0.324 e. The normalized spacial score (nSPS) is 14.1.